The van der Waals surface area contributed by atoms with Gasteiger partial charge < -0.3 is 25.2 Å². The van der Waals surface area contributed by atoms with Crippen LogP contribution in [0.4, 0.5) is 0 Å². The van der Waals surface area contributed by atoms with Crippen LogP contribution in [0.5, 0.6) is 0 Å². The molecule has 1 saturated heterocycles. The van der Waals surface area contributed by atoms with E-state index in [0.717, 1.165) is 6.61 Å². The van der Waals surface area contributed by atoms with E-state index >= 15 is 0 Å². The molecule has 0 bridgehead atoms. The molecule has 1 aliphatic rings. The summed E-state index contributed by atoms with van der Waals surface area (Å²) < 4.78 is 4.69. The first-order valence-corrected chi connectivity index (χ1v) is 3.30. The van der Waals surface area contributed by atoms with E-state index in [1.165, 1.54) is 0 Å². The summed E-state index contributed by atoms with van der Waals surface area (Å²) in [5.41, 5.74) is 0. The molecular formula is C6H11O5. The van der Waals surface area contributed by atoms with E-state index in [1.807, 2.05) is 0 Å². The van der Waals surface area contributed by atoms with Gasteiger partial charge in [-0.05, 0) is 0 Å². The van der Waals surface area contributed by atoms with Gasteiger partial charge in [0.15, 0.2) is 0 Å². The van der Waals surface area contributed by atoms with Gasteiger partial charge >= 0.3 is 0 Å². The van der Waals surface area contributed by atoms with Crippen LogP contribution >= 0.6 is 0 Å². The highest BCUT2D eigenvalue weighted by Crippen LogP contribution is 2.17. The Morgan fingerprint density at radius 1 is 1.18 bits per heavy atom. The predicted molar refractivity (Wildman–Crippen MR) is 34.3 cm³/mol. The Labute approximate surface area is 63.8 Å². The van der Waals surface area contributed by atoms with Crippen LogP contribution in [0, 0.1) is 6.61 Å². The summed E-state index contributed by atoms with van der Waals surface area (Å²) >= 11 is 0. The molecule has 1 fully saturated rings. The van der Waals surface area contributed by atoms with Crippen molar-refractivity contribution in [3.8, 4) is 0 Å². The Bertz CT molecular complexity index is 126. The third kappa shape index (κ3) is 1.69. The SMILES string of the molecule is OC[C@@H]1O[CH][C@@H](O)[C@@H](O)[C@@H]1O. The summed E-state index contributed by atoms with van der Waals surface area (Å²) in [6.07, 6.45) is -4.54. The van der Waals surface area contributed by atoms with Gasteiger partial charge in [-0.25, -0.2) is 0 Å². The second kappa shape index (κ2) is 3.46. The molecule has 5 nitrogen and oxygen atoms in total. The van der Waals surface area contributed by atoms with Gasteiger partial charge in [0.05, 0.1) is 6.61 Å². The predicted octanol–water partition coefficient (Wildman–Crippen LogP) is -2.38. The molecular weight excluding hydrogens is 152 g/mol. The summed E-state index contributed by atoms with van der Waals surface area (Å²) in [5.74, 6) is 0. The normalized spacial score (nSPS) is 45.8. The summed E-state index contributed by atoms with van der Waals surface area (Å²) in [4.78, 5) is 0. The highest BCUT2D eigenvalue weighted by Gasteiger charge is 2.37. The molecule has 4 N–H and O–H groups in total. The topological polar surface area (TPSA) is 90.2 Å². The van der Waals surface area contributed by atoms with Crippen molar-refractivity contribution in [3.63, 3.8) is 0 Å². The molecule has 4 atom stereocenters. The van der Waals surface area contributed by atoms with Crippen molar-refractivity contribution in [2.75, 3.05) is 6.61 Å². The Morgan fingerprint density at radius 2 is 1.82 bits per heavy atom. The lowest BCUT2D eigenvalue weighted by molar-refractivity contribution is -0.169. The maximum absolute atomic E-state index is 9.09. The largest absolute Gasteiger partial charge is 0.394 e. The van der Waals surface area contributed by atoms with Crippen LogP contribution in [-0.2, 0) is 4.74 Å². The number of ether oxygens (including phenoxy) is 1. The molecule has 1 radical (unpaired) electrons. The van der Waals surface area contributed by atoms with Crippen LogP contribution in [0.2, 0.25) is 0 Å². The lowest BCUT2D eigenvalue weighted by Gasteiger charge is -2.33. The van der Waals surface area contributed by atoms with Gasteiger partial charge in [0.2, 0.25) is 0 Å². The Hall–Kier alpha value is -0.200. The summed E-state index contributed by atoms with van der Waals surface area (Å²) in [7, 11) is 0. The average molecular weight is 163 g/mol. The van der Waals surface area contributed by atoms with Gasteiger partial charge in [-0.2, -0.15) is 0 Å². The zero-order chi connectivity index (χ0) is 8.43. The molecule has 0 aliphatic carbocycles. The fourth-order valence-electron chi connectivity index (χ4n) is 0.915. The minimum atomic E-state index is -1.28. The Kier molecular flexibility index (Phi) is 2.80. The highest BCUT2D eigenvalue weighted by atomic mass is 16.5. The van der Waals surface area contributed by atoms with Gasteiger partial charge in [-0.1, -0.05) is 0 Å². The van der Waals surface area contributed by atoms with E-state index in [-0.39, 0.29) is 6.61 Å². The third-order valence-corrected chi connectivity index (χ3v) is 1.65. The van der Waals surface area contributed by atoms with Crippen molar-refractivity contribution in [1.29, 1.82) is 0 Å². The third-order valence-electron chi connectivity index (χ3n) is 1.65. The van der Waals surface area contributed by atoms with E-state index in [1.54, 1.807) is 0 Å². The lowest BCUT2D eigenvalue weighted by Crippen LogP contribution is -2.52. The number of aliphatic hydroxyl groups is 4. The minimum Gasteiger partial charge on any atom is -0.394 e. The van der Waals surface area contributed by atoms with Crippen molar-refractivity contribution in [2.24, 2.45) is 0 Å². The van der Waals surface area contributed by atoms with Gasteiger partial charge in [0.25, 0.3) is 0 Å². The van der Waals surface area contributed by atoms with Crippen LogP contribution in [-0.4, -0.2) is 51.4 Å². The van der Waals surface area contributed by atoms with Gasteiger partial charge in [-0.3, -0.25) is 0 Å². The molecule has 0 spiro atoms. The van der Waals surface area contributed by atoms with Crippen LogP contribution < -0.4 is 0 Å². The average Bonchev–Trinajstić information content (AvgIpc) is 2.01. The van der Waals surface area contributed by atoms with E-state index in [2.05, 4.69) is 4.74 Å². The molecule has 0 unspecified atom stereocenters. The quantitative estimate of drug-likeness (QED) is 0.346. The molecule has 1 heterocycles. The summed E-state index contributed by atoms with van der Waals surface area (Å²) in [6, 6.07) is 0. The van der Waals surface area contributed by atoms with Crippen LogP contribution in [0.3, 0.4) is 0 Å². The van der Waals surface area contributed by atoms with Crippen molar-refractivity contribution in [1.82, 2.24) is 0 Å². The fraction of sp³-hybridized carbons (Fsp3) is 0.833. The molecule has 5 heteroatoms. The number of rotatable bonds is 1. The minimum absolute atomic E-state index is 0.387. The molecule has 1 rings (SSSR count). The number of hydrogen-bond acceptors (Lipinski definition) is 5. The first-order chi connectivity index (χ1) is 5.16. The Balaban J connectivity index is 2.52. The Morgan fingerprint density at radius 3 is 2.36 bits per heavy atom. The summed E-state index contributed by atoms with van der Waals surface area (Å²) in [5, 5.41) is 35.6. The monoisotopic (exact) mass is 163 g/mol. The van der Waals surface area contributed by atoms with Gasteiger partial charge in [0, 0.05) is 0 Å². The van der Waals surface area contributed by atoms with Crippen molar-refractivity contribution in [3.05, 3.63) is 6.61 Å². The highest BCUT2D eigenvalue weighted by molar-refractivity contribution is 4.91. The van der Waals surface area contributed by atoms with Crippen molar-refractivity contribution < 1.29 is 25.2 Å². The molecule has 11 heavy (non-hydrogen) atoms. The van der Waals surface area contributed by atoms with E-state index in [4.69, 9.17) is 20.4 Å². The summed E-state index contributed by atoms with van der Waals surface area (Å²) in [6.45, 7) is 0.611. The van der Waals surface area contributed by atoms with Crippen LogP contribution in [0.15, 0.2) is 0 Å². The van der Waals surface area contributed by atoms with Crippen LogP contribution in [0.25, 0.3) is 0 Å². The lowest BCUT2D eigenvalue weighted by atomic mass is 10.0. The smallest absolute Gasteiger partial charge is 0.115 e. The molecule has 0 saturated carbocycles. The van der Waals surface area contributed by atoms with E-state index in [0.29, 0.717) is 0 Å². The molecule has 65 valence electrons. The zero-order valence-electron chi connectivity index (χ0n) is 5.79. The van der Waals surface area contributed by atoms with Crippen LogP contribution in [0.1, 0.15) is 0 Å². The zero-order valence-corrected chi connectivity index (χ0v) is 5.79. The number of hydrogen-bond donors (Lipinski definition) is 4. The van der Waals surface area contributed by atoms with E-state index in [9.17, 15) is 0 Å². The first-order valence-electron chi connectivity index (χ1n) is 3.30. The van der Waals surface area contributed by atoms with Gasteiger partial charge in [-0.15, -0.1) is 0 Å². The first kappa shape index (κ1) is 8.89. The maximum Gasteiger partial charge on any atom is 0.115 e. The van der Waals surface area contributed by atoms with Crippen molar-refractivity contribution >= 4 is 0 Å². The van der Waals surface area contributed by atoms with Gasteiger partial charge in [0.1, 0.15) is 31.0 Å². The standard InChI is InChI=1S/C6H11O5/c7-1-4-6(10)5(9)3(8)2-11-4/h2-10H,1H2/t3-,4+,5-,6-/m1/s1. The molecule has 0 aromatic rings. The fourth-order valence-corrected chi connectivity index (χ4v) is 0.915. The molecule has 0 amide bonds. The molecule has 0 aromatic carbocycles. The van der Waals surface area contributed by atoms with Crippen molar-refractivity contribution in [2.45, 2.75) is 24.4 Å². The second-order valence-corrected chi connectivity index (χ2v) is 2.46. The molecule has 1 aliphatic heterocycles. The maximum atomic E-state index is 9.09. The van der Waals surface area contributed by atoms with E-state index < -0.39 is 24.4 Å². The number of aliphatic hydroxyl groups excluding tert-OH is 4. The second-order valence-electron chi connectivity index (χ2n) is 2.46. The molecule has 0 aromatic heterocycles.